The molecule has 0 aromatic heterocycles. The number of aliphatic hydroxyl groups excluding tert-OH is 1. The number of urea groups is 1. The molecule has 1 rings (SSSR count). The van der Waals surface area contributed by atoms with E-state index in [0.29, 0.717) is 13.0 Å². The van der Waals surface area contributed by atoms with Crippen molar-refractivity contribution in [2.24, 2.45) is 0 Å². The van der Waals surface area contributed by atoms with Gasteiger partial charge in [-0.2, -0.15) is 0 Å². The Bertz CT molecular complexity index is 455. The lowest BCUT2D eigenvalue weighted by molar-refractivity contribution is 0.0531. The molecule has 0 aliphatic carbocycles. The van der Waals surface area contributed by atoms with Crippen LogP contribution in [0, 0.1) is 0 Å². The molecule has 0 spiro atoms. The molecule has 0 heterocycles. The zero-order valence-corrected chi connectivity index (χ0v) is 13.9. The SMILES string of the molecule is CC(O)CC(CNC(=O)N(C)CC(C)(C)O)c1ccccc1. The van der Waals surface area contributed by atoms with Crippen molar-refractivity contribution in [3.63, 3.8) is 0 Å². The molecule has 0 aliphatic heterocycles. The summed E-state index contributed by atoms with van der Waals surface area (Å²) in [4.78, 5) is 13.5. The Balaban J connectivity index is 2.62. The molecule has 2 atom stereocenters. The average Bonchev–Trinajstić information content (AvgIpc) is 2.41. The number of aliphatic hydroxyl groups is 2. The fraction of sp³-hybridized carbons (Fsp3) is 0.588. The van der Waals surface area contributed by atoms with E-state index in [1.165, 1.54) is 4.90 Å². The summed E-state index contributed by atoms with van der Waals surface area (Å²) in [6.45, 7) is 5.78. The Morgan fingerprint density at radius 1 is 1.32 bits per heavy atom. The van der Waals surface area contributed by atoms with Gasteiger partial charge in [0.25, 0.3) is 0 Å². The van der Waals surface area contributed by atoms with E-state index in [1.54, 1.807) is 27.8 Å². The number of amides is 2. The van der Waals surface area contributed by atoms with E-state index in [2.05, 4.69) is 5.32 Å². The standard InChI is InChI=1S/C17H28N2O3/c1-13(20)10-15(14-8-6-5-7-9-14)11-18-16(21)19(4)12-17(2,3)22/h5-9,13,15,20,22H,10-12H2,1-4H3,(H,18,21). The van der Waals surface area contributed by atoms with Crippen LogP contribution in [0.5, 0.6) is 0 Å². The van der Waals surface area contributed by atoms with Gasteiger partial charge in [0.05, 0.1) is 18.2 Å². The van der Waals surface area contributed by atoms with E-state index < -0.39 is 11.7 Å². The molecule has 1 aromatic carbocycles. The van der Waals surface area contributed by atoms with E-state index in [4.69, 9.17) is 0 Å². The highest BCUT2D eigenvalue weighted by Crippen LogP contribution is 2.20. The van der Waals surface area contributed by atoms with Crippen LogP contribution in [0.2, 0.25) is 0 Å². The Hall–Kier alpha value is -1.59. The van der Waals surface area contributed by atoms with Gasteiger partial charge in [-0.15, -0.1) is 0 Å². The fourth-order valence-electron chi connectivity index (χ4n) is 2.47. The number of nitrogens with zero attached hydrogens (tertiary/aromatic N) is 1. The molecule has 3 N–H and O–H groups in total. The highest BCUT2D eigenvalue weighted by molar-refractivity contribution is 5.74. The predicted octanol–water partition coefficient (Wildman–Crippen LogP) is 1.95. The van der Waals surface area contributed by atoms with Crippen LogP contribution in [-0.2, 0) is 0 Å². The number of nitrogens with one attached hydrogen (secondary N) is 1. The Labute approximate surface area is 133 Å². The third-order valence-electron chi connectivity index (χ3n) is 3.37. The van der Waals surface area contributed by atoms with E-state index in [9.17, 15) is 15.0 Å². The van der Waals surface area contributed by atoms with Crippen LogP contribution in [0.4, 0.5) is 4.79 Å². The number of benzene rings is 1. The molecular weight excluding hydrogens is 280 g/mol. The van der Waals surface area contributed by atoms with E-state index in [-0.39, 0.29) is 18.5 Å². The van der Waals surface area contributed by atoms with Crippen LogP contribution in [0.3, 0.4) is 0 Å². The fourth-order valence-corrected chi connectivity index (χ4v) is 2.47. The lowest BCUT2D eigenvalue weighted by Crippen LogP contribution is -2.45. The lowest BCUT2D eigenvalue weighted by Gasteiger charge is -2.27. The molecule has 2 amide bonds. The molecule has 0 saturated heterocycles. The predicted molar refractivity (Wildman–Crippen MR) is 87.8 cm³/mol. The number of carbonyl (C=O) groups excluding carboxylic acids is 1. The van der Waals surface area contributed by atoms with E-state index in [0.717, 1.165) is 5.56 Å². The normalized spacial score (nSPS) is 14.3. The first-order chi connectivity index (χ1) is 10.2. The minimum absolute atomic E-state index is 0.0562. The van der Waals surface area contributed by atoms with Gasteiger partial charge in [-0.3, -0.25) is 0 Å². The summed E-state index contributed by atoms with van der Waals surface area (Å²) < 4.78 is 0. The minimum Gasteiger partial charge on any atom is -0.393 e. The zero-order valence-electron chi connectivity index (χ0n) is 13.9. The summed E-state index contributed by atoms with van der Waals surface area (Å²) in [5, 5.41) is 22.3. The highest BCUT2D eigenvalue weighted by atomic mass is 16.3. The monoisotopic (exact) mass is 308 g/mol. The molecule has 0 saturated carbocycles. The highest BCUT2D eigenvalue weighted by Gasteiger charge is 2.21. The Morgan fingerprint density at radius 3 is 2.41 bits per heavy atom. The Morgan fingerprint density at radius 2 is 1.91 bits per heavy atom. The first kappa shape index (κ1) is 18.5. The van der Waals surface area contributed by atoms with Crippen molar-refractivity contribution in [1.82, 2.24) is 10.2 Å². The van der Waals surface area contributed by atoms with E-state index >= 15 is 0 Å². The number of hydrogen-bond acceptors (Lipinski definition) is 3. The van der Waals surface area contributed by atoms with Crippen molar-refractivity contribution in [3.05, 3.63) is 35.9 Å². The van der Waals surface area contributed by atoms with Crippen molar-refractivity contribution < 1.29 is 15.0 Å². The third kappa shape index (κ3) is 6.91. The van der Waals surface area contributed by atoms with Gasteiger partial charge < -0.3 is 20.4 Å². The number of hydrogen-bond donors (Lipinski definition) is 3. The zero-order chi connectivity index (χ0) is 16.8. The molecule has 0 fully saturated rings. The maximum absolute atomic E-state index is 12.1. The number of likely N-dealkylation sites (N-methyl/N-ethyl adjacent to an activating group) is 1. The third-order valence-corrected chi connectivity index (χ3v) is 3.37. The van der Waals surface area contributed by atoms with Crippen LogP contribution in [0.1, 0.15) is 38.7 Å². The van der Waals surface area contributed by atoms with Crippen molar-refractivity contribution in [3.8, 4) is 0 Å². The van der Waals surface area contributed by atoms with Gasteiger partial charge in [0, 0.05) is 19.5 Å². The van der Waals surface area contributed by atoms with Crippen LogP contribution < -0.4 is 5.32 Å². The van der Waals surface area contributed by atoms with Gasteiger partial charge >= 0.3 is 6.03 Å². The molecule has 0 aliphatic rings. The second kappa shape index (κ2) is 8.15. The van der Waals surface area contributed by atoms with E-state index in [1.807, 2.05) is 30.3 Å². The van der Waals surface area contributed by atoms with Gasteiger partial charge in [-0.25, -0.2) is 4.79 Å². The molecule has 0 bridgehead atoms. The maximum Gasteiger partial charge on any atom is 0.317 e. The van der Waals surface area contributed by atoms with Crippen LogP contribution in [0.15, 0.2) is 30.3 Å². The molecule has 22 heavy (non-hydrogen) atoms. The molecule has 2 unspecified atom stereocenters. The van der Waals surface area contributed by atoms with Crippen molar-refractivity contribution in [2.45, 2.75) is 44.8 Å². The van der Waals surface area contributed by atoms with Crippen LogP contribution in [0.25, 0.3) is 0 Å². The van der Waals surface area contributed by atoms with Gasteiger partial charge in [-0.05, 0) is 32.8 Å². The smallest absolute Gasteiger partial charge is 0.317 e. The summed E-state index contributed by atoms with van der Waals surface area (Å²) in [6.07, 6.45) is 0.149. The van der Waals surface area contributed by atoms with Crippen LogP contribution in [-0.4, -0.2) is 53.0 Å². The molecular formula is C17H28N2O3. The maximum atomic E-state index is 12.1. The number of carbonyl (C=O) groups is 1. The van der Waals surface area contributed by atoms with Gasteiger partial charge in [-0.1, -0.05) is 30.3 Å². The first-order valence-corrected chi connectivity index (χ1v) is 7.63. The quantitative estimate of drug-likeness (QED) is 0.721. The lowest BCUT2D eigenvalue weighted by atomic mass is 9.93. The average molecular weight is 308 g/mol. The molecule has 124 valence electrons. The minimum atomic E-state index is -0.926. The second-order valence-corrected chi connectivity index (χ2v) is 6.55. The van der Waals surface area contributed by atoms with Crippen molar-refractivity contribution in [2.75, 3.05) is 20.1 Å². The number of rotatable bonds is 7. The summed E-state index contributed by atoms with van der Waals surface area (Å²) in [7, 11) is 1.65. The summed E-state index contributed by atoms with van der Waals surface area (Å²) in [5.74, 6) is 0.0562. The van der Waals surface area contributed by atoms with Crippen molar-refractivity contribution >= 4 is 6.03 Å². The van der Waals surface area contributed by atoms with Crippen molar-refractivity contribution in [1.29, 1.82) is 0 Å². The summed E-state index contributed by atoms with van der Waals surface area (Å²) in [6, 6.07) is 9.62. The van der Waals surface area contributed by atoms with Gasteiger partial charge in [0.2, 0.25) is 0 Å². The molecule has 0 radical (unpaired) electrons. The summed E-state index contributed by atoms with van der Waals surface area (Å²) in [5.41, 5.74) is 0.165. The van der Waals surface area contributed by atoms with Gasteiger partial charge in [0.15, 0.2) is 0 Å². The molecule has 1 aromatic rings. The largest absolute Gasteiger partial charge is 0.393 e. The Kier molecular flexibility index (Phi) is 6.84. The second-order valence-electron chi connectivity index (χ2n) is 6.55. The van der Waals surface area contributed by atoms with Crippen LogP contribution >= 0.6 is 0 Å². The first-order valence-electron chi connectivity index (χ1n) is 7.63. The topological polar surface area (TPSA) is 72.8 Å². The molecule has 5 heteroatoms. The molecule has 5 nitrogen and oxygen atoms in total. The summed E-state index contributed by atoms with van der Waals surface area (Å²) >= 11 is 0. The van der Waals surface area contributed by atoms with Gasteiger partial charge in [0.1, 0.15) is 0 Å².